The highest BCUT2D eigenvalue weighted by molar-refractivity contribution is 6.28. The maximum atomic E-state index is 2.41. The predicted molar refractivity (Wildman–Crippen MR) is 145 cm³/mol. The Morgan fingerprint density at radius 2 is 0.941 bits per heavy atom. The van der Waals surface area contributed by atoms with Crippen molar-refractivity contribution in [2.75, 3.05) is 0 Å². The summed E-state index contributed by atoms with van der Waals surface area (Å²) in [7, 11) is 0. The van der Waals surface area contributed by atoms with Gasteiger partial charge in [-0.3, -0.25) is 0 Å². The van der Waals surface area contributed by atoms with E-state index in [9.17, 15) is 0 Å². The number of aryl methyl sites for hydroxylation is 2. The monoisotopic (exact) mass is 436 g/mol. The lowest BCUT2D eigenvalue weighted by Crippen LogP contribution is -1.94. The molecule has 162 valence electrons. The van der Waals surface area contributed by atoms with E-state index in [0.717, 1.165) is 0 Å². The summed E-state index contributed by atoms with van der Waals surface area (Å²) in [4.78, 5) is 0. The lowest BCUT2D eigenvalue weighted by Gasteiger charge is -2.09. The number of hydrogen-bond donors (Lipinski definition) is 0. The highest BCUT2D eigenvalue weighted by Gasteiger charge is 2.20. The van der Waals surface area contributed by atoms with Crippen molar-refractivity contribution < 1.29 is 0 Å². The first kappa shape index (κ1) is 19.2. The van der Waals surface area contributed by atoms with Gasteiger partial charge >= 0.3 is 0 Å². The maximum absolute atomic E-state index is 2.41. The Morgan fingerprint density at radius 1 is 0.412 bits per heavy atom. The zero-order valence-electron chi connectivity index (χ0n) is 19.3. The normalized spacial score (nSPS) is 11.8. The number of aromatic nitrogens is 2. The molecule has 0 aliphatic heterocycles. The largest absolute Gasteiger partial charge is 0.309 e. The molecule has 2 aromatic heterocycles. The topological polar surface area (TPSA) is 9.86 Å². The summed E-state index contributed by atoms with van der Waals surface area (Å²) in [5, 5.41) is 5.23. The molecule has 2 heteroatoms. The second-order valence-electron chi connectivity index (χ2n) is 9.23. The van der Waals surface area contributed by atoms with E-state index in [2.05, 4.69) is 132 Å². The molecule has 0 fully saturated rings. The number of fused-ring (bicyclic) bond motifs is 7. The van der Waals surface area contributed by atoms with Crippen LogP contribution in [-0.4, -0.2) is 9.13 Å². The number of nitrogens with zero attached hydrogens (tertiary/aromatic N) is 2. The number of benzene rings is 5. The average molecular weight is 437 g/mol. The van der Waals surface area contributed by atoms with Gasteiger partial charge in [-0.15, -0.1) is 0 Å². The van der Waals surface area contributed by atoms with E-state index in [1.807, 2.05) is 0 Å². The minimum atomic E-state index is 1.19. The van der Waals surface area contributed by atoms with Crippen molar-refractivity contribution in [1.82, 2.24) is 9.13 Å². The van der Waals surface area contributed by atoms with Gasteiger partial charge in [-0.05, 0) is 68.4 Å². The van der Waals surface area contributed by atoms with E-state index in [4.69, 9.17) is 0 Å². The van der Waals surface area contributed by atoms with Gasteiger partial charge in [0.15, 0.2) is 0 Å². The number of hydrogen-bond acceptors (Lipinski definition) is 0. The third-order valence-electron chi connectivity index (χ3n) is 7.03. The van der Waals surface area contributed by atoms with E-state index in [1.54, 1.807) is 0 Å². The zero-order chi connectivity index (χ0) is 22.8. The van der Waals surface area contributed by atoms with E-state index < -0.39 is 0 Å². The third-order valence-corrected chi connectivity index (χ3v) is 7.03. The van der Waals surface area contributed by atoms with E-state index in [1.165, 1.54) is 66.1 Å². The molecule has 0 amide bonds. The van der Waals surface area contributed by atoms with Crippen molar-refractivity contribution in [2.45, 2.75) is 13.8 Å². The lowest BCUT2D eigenvalue weighted by molar-refractivity contribution is 1.17. The van der Waals surface area contributed by atoms with Crippen molar-refractivity contribution in [3.8, 4) is 11.4 Å². The molecule has 7 rings (SSSR count). The second-order valence-corrected chi connectivity index (χ2v) is 9.23. The highest BCUT2D eigenvalue weighted by Crippen LogP contribution is 2.42. The molecule has 0 spiro atoms. The molecule has 2 nitrogen and oxygen atoms in total. The Labute approximate surface area is 198 Å². The molecule has 7 aromatic rings. The van der Waals surface area contributed by atoms with E-state index in [-0.39, 0.29) is 0 Å². The first-order valence-corrected chi connectivity index (χ1v) is 11.8. The molecule has 34 heavy (non-hydrogen) atoms. The van der Waals surface area contributed by atoms with Crippen LogP contribution in [0.4, 0.5) is 0 Å². The van der Waals surface area contributed by atoms with Crippen LogP contribution in [0.2, 0.25) is 0 Å². The third kappa shape index (κ3) is 2.63. The predicted octanol–water partition coefficient (Wildman–Crippen LogP) is 8.50. The Kier molecular flexibility index (Phi) is 4.01. The van der Waals surface area contributed by atoms with Crippen molar-refractivity contribution in [3.63, 3.8) is 0 Å². The van der Waals surface area contributed by atoms with Crippen LogP contribution < -0.4 is 0 Å². The van der Waals surface area contributed by atoms with Crippen molar-refractivity contribution in [3.05, 3.63) is 120 Å². The van der Waals surface area contributed by atoms with Crippen LogP contribution in [-0.2, 0) is 0 Å². The van der Waals surface area contributed by atoms with Gasteiger partial charge in [-0.2, -0.15) is 0 Å². The van der Waals surface area contributed by atoms with Gasteiger partial charge in [0, 0.05) is 32.9 Å². The summed E-state index contributed by atoms with van der Waals surface area (Å²) in [6.45, 7) is 4.32. The van der Waals surface area contributed by atoms with Crippen LogP contribution in [0.15, 0.2) is 109 Å². The fourth-order valence-corrected chi connectivity index (χ4v) is 5.51. The van der Waals surface area contributed by atoms with Gasteiger partial charge in [0.05, 0.1) is 22.1 Å². The average Bonchev–Trinajstić information content (AvgIpc) is 3.37. The van der Waals surface area contributed by atoms with Gasteiger partial charge in [0.2, 0.25) is 0 Å². The Morgan fingerprint density at radius 3 is 1.68 bits per heavy atom. The molecular weight excluding hydrogens is 412 g/mol. The number of rotatable bonds is 2. The fraction of sp³-hybridized carbons (Fsp3) is 0.0625. The molecule has 0 radical (unpaired) electrons. The SMILES string of the molecule is Cc1ccc(-n2c3ccccc3c3c4c5cc(C)ccc5n(-c5ccccc5)c4ccc32)cc1. The Balaban J connectivity index is 1.72. The summed E-state index contributed by atoms with van der Waals surface area (Å²) in [5.41, 5.74) is 9.89. The quantitative estimate of drug-likeness (QED) is 0.257. The Bertz CT molecular complexity index is 1850. The molecule has 0 aliphatic carbocycles. The van der Waals surface area contributed by atoms with Gasteiger partial charge in [-0.1, -0.05) is 65.7 Å². The molecule has 0 bridgehead atoms. The molecule has 0 unspecified atom stereocenters. The minimum absolute atomic E-state index is 1.19. The Hall–Kier alpha value is -4.30. The van der Waals surface area contributed by atoms with Crippen molar-refractivity contribution in [2.24, 2.45) is 0 Å². The van der Waals surface area contributed by atoms with Gasteiger partial charge in [-0.25, -0.2) is 0 Å². The maximum Gasteiger partial charge on any atom is 0.0548 e. The smallest absolute Gasteiger partial charge is 0.0548 e. The van der Waals surface area contributed by atoms with Crippen LogP contribution >= 0.6 is 0 Å². The summed E-state index contributed by atoms with van der Waals surface area (Å²) in [6, 6.07) is 39.7. The highest BCUT2D eigenvalue weighted by atomic mass is 15.0. The van der Waals surface area contributed by atoms with Crippen molar-refractivity contribution in [1.29, 1.82) is 0 Å². The molecule has 0 saturated heterocycles. The van der Waals surface area contributed by atoms with Crippen LogP contribution in [0.3, 0.4) is 0 Å². The van der Waals surface area contributed by atoms with Crippen LogP contribution in [0.25, 0.3) is 55.0 Å². The zero-order valence-corrected chi connectivity index (χ0v) is 19.3. The van der Waals surface area contributed by atoms with E-state index in [0.29, 0.717) is 0 Å². The molecule has 0 N–H and O–H groups in total. The first-order chi connectivity index (χ1) is 16.7. The van der Waals surface area contributed by atoms with Crippen LogP contribution in [0, 0.1) is 13.8 Å². The summed E-state index contributed by atoms with van der Waals surface area (Å²) >= 11 is 0. The number of para-hydroxylation sites is 2. The van der Waals surface area contributed by atoms with Crippen LogP contribution in [0.1, 0.15) is 11.1 Å². The summed E-state index contributed by atoms with van der Waals surface area (Å²) < 4.78 is 4.81. The fourth-order valence-electron chi connectivity index (χ4n) is 5.51. The first-order valence-electron chi connectivity index (χ1n) is 11.8. The molecule has 2 heterocycles. The van der Waals surface area contributed by atoms with Gasteiger partial charge in [0.1, 0.15) is 0 Å². The van der Waals surface area contributed by atoms with Crippen LogP contribution in [0.5, 0.6) is 0 Å². The molecule has 0 saturated carbocycles. The van der Waals surface area contributed by atoms with E-state index >= 15 is 0 Å². The standard InChI is InChI=1S/C32H24N2/c1-21-12-15-24(16-13-21)34-27-11-7-6-10-25(27)31-29(34)18-19-30-32(31)26-20-22(2)14-17-28(26)33(30)23-8-4-3-5-9-23/h3-20H,1-2H3. The van der Waals surface area contributed by atoms with Crippen molar-refractivity contribution >= 4 is 43.6 Å². The molecular formula is C32H24N2. The summed E-state index contributed by atoms with van der Waals surface area (Å²) in [5.74, 6) is 0. The van der Waals surface area contributed by atoms with Gasteiger partial charge in [0.25, 0.3) is 0 Å². The van der Waals surface area contributed by atoms with Gasteiger partial charge < -0.3 is 9.13 Å². The minimum Gasteiger partial charge on any atom is -0.309 e. The molecule has 0 aliphatic rings. The summed E-state index contributed by atoms with van der Waals surface area (Å²) in [6.07, 6.45) is 0. The molecule has 0 atom stereocenters. The lowest BCUT2D eigenvalue weighted by atomic mass is 10.0. The molecule has 5 aromatic carbocycles. The second kappa shape index (κ2) is 7.10.